The molecule has 0 aliphatic rings. The van der Waals surface area contributed by atoms with E-state index in [1.807, 2.05) is 44.2 Å². The Kier molecular flexibility index (Phi) is 3.33. The summed E-state index contributed by atoms with van der Waals surface area (Å²) in [5.74, 6) is 1.16. The molecule has 0 aromatic heterocycles. The highest BCUT2D eigenvalue weighted by Gasteiger charge is 2.00. The van der Waals surface area contributed by atoms with Gasteiger partial charge in [0.25, 0.3) is 0 Å². The number of benzene rings is 2. The lowest BCUT2D eigenvalue weighted by Gasteiger charge is -2.09. The van der Waals surface area contributed by atoms with Crippen LogP contribution in [0.5, 0.6) is 11.5 Å². The van der Waals surface area contributed by atoms with Gasteiger partial charge in [-0.05, 0) is 49.2 Å². The van der Waals surface area contributed by atoms with Gasteiger partial charge in [0.1, 0.15) is 18.1 Å². The fourth-order valence-electron chi connectivity index (χ4n) is 1.64. The first kappa shape index (κ1) is 11.5. The number of hydrogen-bond donors (Lipinski definition) is 1. The number of aryl methyl sites for hydroxylation is 2. The van der Waals surface area contributed by atoms with Crippen molar-refractivity contribution in [2.45, 2.75) is 20.5 Å². The number of phenolic OH excluding ortho intramolecular Hbond substituents is 1. The molecule has 0 bridgehead atoms. The minimum Gasteiger partial charge on any atom is -0.508 e. The van der Waals surface area contributed by atoms with Crippen LogP contribution in [-0.2, 0) is 6.61 Å². The average molecular weight is 228 g/mol. The van der Waals surface area contributed by atoms with Gasteiger partial charge in [-0.25, -0.2) is 0 Å². The third kappa shape index (κ3) is 3.00. The highest BCUT2D eigenvalue weighted by Crippen LogP contribution is 2.18. The summed E-state index contributed by atoms with van der Waals surface area (Å²) in [6.07, 6.45) is 0. The summed E-state index contributed by atoms with van der Waals surface area (Å²) in [5, 5.41) is 9.31. The van der Waals surface area contributed by atoms with Gasteiger partial charge in [-0.3, -0.25) is 0 Å². The van der Waals surface area contributed by atoms with E-state index in [1.165, 1.54) is 5.56 Å². The van der Waals surface area contributed by atoms with Crippen LogP contribution in [0.3, 0.4) is 0 Å². The number of aromatic hydroxyl groups is 1. The van der Waals surface area contributed by atoms with Gasteiger partial charge in [0.05, 0.1) is 0 Å². The molecule has 88 valence electrons. The van der Waals surface area contributed by atoms with E-state index in [9.17, 15) is 5.11 Å². The Morgan fingerprint density at radius 1 is 1.00 bits per heavy atom. The molecule has 2 aromatic carbocycles. The smallest absolute Gasteiger partial charge is 0.119 e. The molecule has 2 aromatic rings. The predicted molar refractivity (Wildman–Crippen MR) is 68.4 cm³/mol. The van der Waals surface area contributed by atoms with Crippen molar-refractivity contribution in [1.82, 2.24) is 0 Å². The SMILES string of the molecule is Cc1ccc(OCc2ccc(O)cc2C)cc1. The minimum absolute atomic E-state index is 0.293. The van der Waals surface area contributed by atoms with E-state index < -0.39 is 0 Å². The number of ether oxygens (including phenoxy) is 1. The van der Waals surface area contributed by atoms with Gasteiger partial charge in [0.2, 0.25) is 0 Å². The van der Waals surface area contributed by atoms with Crippen molar-refractivity contribution < 1.29 is 9.84 Å². The molecule has 0 aliphatic carbocycles. The van der Waals surface area contributed by atoms with E-state index in [2.05, 4.69) is 0 Å². The lowest BCUT2D eigenvalue weighted by molar-refractivity contribution is 0.305. The molecular weight excluding hydrogens is 212 g/mol. The van der Waals surface area contributed by atoms with Gasteiger partial charge in [-0.1, -0.05) is 23.8 Å². The van der Waals surface area contributed by atoms with Crippen molar-refractivity contribution in [1.29, 1.82) is 0 Å². The van der Waals surface area contributed by atoms with Crippen LogP contribution < -0.4 is 4.74 Å². The third-order valence-corrected chi connectivity index (χ3v) is 2.74. The summed E-state index contributed by atoms with van der Waals surface area (Å²) < 4.78 is 5.69. The number of phenols is 1. The average Bonchev–Trinajstić information content (AvgIpc) is 2.30. The minimum atomic E-state index is 0.293. The molecule has 2 nitrogen and oxygen atoms in total. The van der Waals surface area contributed by atoms with Gasteiger partial charge < -0.3 is 9.84 Å². The van der Waals surface area contributed by atoms with Crippen LogP contribution in [0.25, 0.3) is 0 Å². The fourth-order valence-corrected chi connectivity index (χ4v) is 1.64. The van der Waals surface area contributed by atoms with Crippen molar-refractivity contribution >= 4 is 0 Å². The van der Waals surface area contributed by atoms with Crippen molar-refractivity contribution in [2.75, 3.05) is 0 Å². The van der Waals surface area contributed by atoms with Gasteiger partial charge in [0, 0.05) is 0 Å². The van der Waals surface area contributed by atoms with E-state index >= 15 is 0 Å². The molecule has 0 spiro atoms. The molecule has 2 rings (SSSR count). The molecule has 0 fully saturated rings. The molecule has 1 N–H and O–H groups in total. The molecule has 2 heteroatoms. The van der Waals surface area contributed by atoms with E-state index in [0.29, 0.717) is 12.4 Å². The topological polar surface area (TPSA) is 29.5 Å². The number of rotatable bonds is 3. The zero-order valence-corrected chi connectivity index (χ0v) is 10.1. The van der Waals surface area contributed by atoms with Crippen LogP contribution in [0.1, 0.15) is 16.7 Å². The second-order valence-electron chi connectivity index (χ2n) is 4.21. The second-order valence-corrected chi connectivity index (χ2v) is 4.21. The molecule has 0 saturated heterocycles. The highest BCUT2D eigenvalue weighted by molar-refractivity contribution is 5.34. The quantitative estimate of drug-likeness (QED) is 0.870. The first-order chi connectivity index (χ1) is 8.15. The van der Waals surface area contributed by atoms with E-state index in [4.69, 9.17) is 4.74 Å². The molecule has 0 saturated carbocycles. The Balaban J connectivity index is 2.04. The zero-order valence-electron chi connectivity index (χ0n) is 10.1. The van der Waals surface area contributed by atoms with E-state index in [-0.39, 0.29) is 0 Å². The van der Waals surface area contributed by atoms with Gasteiger partial charge in [-0.2, -0.15) is 0 Å². The summed E-state index contributed by atoms with van der Waals surface area (Å²) in [7, 11) is 0. The summed E-state index contributed by atoms with van der Waals surface area (Å²) in [5.41, 5.74) is 3.35. The van der Waals surface area contributed by atoms with Crippen LogP contribution in [0.15, 0.2) is 42.5 Å². The molecular formula is C15H16O2. The monoisotopic (exact) mass is 228 g/mol. The first-order valence-corrected chi connectivity index (χ1v) is 5.63. The molecule has 0 amide bonds. The lowest BCUT2D eigenvalue weighted by Crippen LogP contribution is -1.97. The highest BCUT2D eigenvalue weighted by atomic mass is 16.5. The van der Waals surface area contributed by atoms with Crippen molar-refractivity contribution in [3.63, 3.8) is 0 Å². The van der Waals surface area contributed by atoms with Gasteiger partial charge >= 0.3 is 0 Å². The van der Waals surface area contributed by atoms with Crippen LogP contribution in [0.2, 0.25) is 0 Å². The fraction of sp³-hybridized carbons (Fsp3) is 0.200. The largest absolute Gasteiger partial charge is 0.508 e. The van der Waals surface area contributed by atoms with E-state index in [0.717, 1.165) is 16.9 Å². The van der Waals surface area contributed by atoms with Crippen LogP contribution in [0, 0.1) is 13.8 Å². The first-order valence-electron chi connectivity index (χ1n) is 5.63. The Morgan fingerprint density at radius 3 is 2.35 bits per heavy atom. The maximum Gasteiger partial charge on any atom is 0.119 e. The van der Waals surface area contributed by atoms with Crippen LogP contribution >= 0.6 is 0 Å². The summed E-state index contributed by atoms with van der Waals surface area (Å²) in [6.45, 7) is 4.54. The van der Waals surface area contributed by atoms with Crippen molar-refractivity contribution in [3.05, 3.63) is 59.2 Å². The normalized spacial score (nSPS) is 10.2. The number of hydrogen-bond acceptors (Lipinski definition) is 2. The van der Waals surface area contributed by atoms with Crippen molar-refractivity contribution in [2.24, 2.45) is 0 Å². The van der Waals surface area contributed by atoms with Gasteiger partial charge in [-0.15, -0.1) is 0 Å². The molecule has 0 atom stereocenters. The second kappa shape index (κ2) is 4.91. The Hall–Kier alpha value is -1.96. The van der Waals surface area contributed by atoms with Crippen LogP contribution in [-0.4, -0.2) is 5.11 Å². The third-order valence-electron chi connectivity index (χ3n) is 2.74. The Labute approximate surface area is 101 Å². The molecule has 0 aliphatic heterocycles. The standard InChI is InChI=1S/C15H16O2/c1-11-3-7-15(8-4-11)17-10-13-5-6-14(16)9-12(13)2/h3-9,16H,10H2,1-2H3. The molecule has 0 heterocycles. The molecule has 17 heavy (non-hydrogen) atoms. The van der Waals surface area contributed by atoms with Crippen molar-refractivity contribution in [3.8, 4) is 11.5 Å². The Morgan fingerprint density at radius 2 is 1.71 bits per heavy atom. The summed E-state index contributed by atoms with van der Waals surface area (Å²) in [4.78, 5) is 0. The maximum atomic E-state index is 9.31. The maximum absolute atomic E-state index is 9.31. The molecule has 0 radical (unpaired) electrons. The zero-order chi connectivity index (χ0) is 12.3. The van der Waals surface area contributed by atoms with Crippen LogP contribution in [0.4, 0.5) is 0 Å². The summed E-state index contributed by atoms with van der Waals surface area (Å²) >= 11 is 0. The van der Waals surface area contributed by atoms with E-state index in [1.54, 1.807) is 12.1 Å². The molecule has 0 unspecified atom stereocenters. The lowest BCUT2D eigenvalue weighted by atomic mass is 10.1. The predicted octanol–water partition coefficient (Wildman–Crippen LogP) is 3.59. The Bertz CT molecular complexity index is 501. The summed E-state index contributed by atoms with van der Waals surface area (Å²) in [6, 6.07) is 13.3. The van der Waals surface area contributed by atoms with Gasteiger partial charge in [0.15, 0.2) is 0 Å².